The number of hydrogen-bond acceptors (Lipinski definition) is 6. The summed E-state index contributed by atoms with van der Waals surface area (Å²) in [6.45, 7) is 1.71. The first kappa shape index (κ1) is 16.1. The molecule has 3 aromatic rings. The Bertz CT molecular complexity index is 1070. The van der Waals surface area contributed by atoms with Gasteiger partial charge in [-0.25, -0.2) is 9.98 Å². The van der Waals surface area contributed by atoms with Gasteiger partial charge in [-0.15, -0.1) is 11.3 Å². The lowest BCUT2D eigenvalue weighted by Crippen LogP contribution is -2.14. The van der Waals surface area contributed by atoms with E-state index in [1.165, 1.54) is 23.5 Å². The number of amides is 1. The number of carbonyl (C=O) groups excluding carboxylic acids is 1. The third kappa shape index (κ3) is 2.76. The van der Waals surface area contributed by atoms with Crippen molar-refractivity contribution in [3.8, 4) is 11.3 Å². The van der Waals surface area contributed by atoms with E-state index >= 15 is 0 Å². The second kappa shape index (κ2) is 6.16. The van der Waals surface area contributed by atoms with Crippen LogP contribution in [0.4, 0.5) is 16.5 Å². The van der Waals surface area contributed by atoms with Gasteiger partial charge in [-0.2, -0.15) is 0 Å². The van der Waals surface area contributed by atoms with Crippen LogP contribution in [0, 0.1) is 17.0 Å². The average molecular weight is 364 g/mol. The highest BCUT2D eigenvalue weighted by atomic mass is 32.1. The molecule has 1 aromatic heterocycles. The molecule has 128 valence electrons. The van der Waals surface area contributed by atoms with Gasteiger partial charge in [0.1, 0.15) is 5.71 Å². The van der Waals surface area contributed by atoms with Crippen molar-refractivity contribution < 1.29 is 9.72 Å². The fourth-order valence-electron chi connectivity index (χ4n) is 2.79. The van der Waals surface area contributed by atoms with Crippen molar-refractivity contribution in [3.05, 3.63) is 69.1 Å². The van der Waals surface area contributed by atoms with Gasteiger partial charge in [0.25, 0.3) is 11.6 Å². The van der Waals surface area contributed by atoms with Gasteiger partial charge in [0.15, 0.2) is 0 Å². The molecule has 4 rings (SSSR count). The van der Waals surface area contributed by atoms with Crippen molar-refractivity contribution in [2.75, 3.05) is 5.32 Å². The number of carbonyl (C=O) groups is 1. The van der Waals surface area contributed by atoms with Gasteiger partial charge in [-0.05, 0) is 12.5 Å². The molecule has 0 spiro atoms. The number of nitro benzene ring substituents is 1. The predicted octanol–water partition coefficient (Wildman–Crippen LogP) is 4.10. The molecule has 8 heteroatoms. The minimum atomic E-state index is -0.482. The molecule has 1 aliphatic heterocycles. The lowest BCUT2D eigenvalue weighted by atomic mass is 10.1. The highest BCUT2D eigenvalue weighted by molar-refractivity contribution is 7.13. The van der Waals surface area contributed by atoms with E-state index in [0.29, 0.717) is 21.9 Å². The van der Waals surface area contributed by atoms with E-state index < -0.39 is 4.92 Å². The molecule has 1 amide bonds. The Morgan fingerprint density at radius 1 is 1.23 bits per heavy atom. The summed E-state index contributed by atoms with van der Waals surface area (Å²) in [6, 6.07) is 12.4. The van der Waals surface area contributed by atoms with E-state index in [0.717, 1.165) is 11.3 Å². The summed E-state index contributed by atoms with van der Waals surface area (Å²) in [6.07, 6.45) is 0. The predicted molar refractivity (Wildman–Crippen MR) is 100 cm³/mol. The van der Waals surface area contributed by atoms with Gasteiger partial charge in [0.05, 0.1) is 16.3 Å². The van der Waals surface area contributed by atoms with Crippen LogP contribution in [-0.4, -0.2) is 21.5 Å². The first-order valence-corrected chi connectivity index (χ1v) is 8.61. The van der Waals surface area contributed by atoms with Gasteiger partial charge < -0.3 is 5.32 Å². The van der Waals surface area contributed by atoms with Crippen molar-refractivity contribution in [2.45, 2.75) is 6.92 Å². The standard InChI is InChI=1S/C18H12N4O3S/c1-10-7-12(22(24)25)8-13-15(10)20-17(23)16(13)21-18-19-14(9-26-18)11-5-3-2-4-6-11/h2-9H,1H3,(H,19,20,21,23). The summed E-state index contributed by atoms with van der Waals surface area (Å²) in [7, 11) is 0. The van der Waals surface area contributed by atoms with Crippen LogP contribution in [0.15, 0.2) is 52.8 Å². The molecular formula is C18H12N4O3S. The van der Waals surface area contributed by atoms with E-state index in [4.69, 9.17) is 0 Å². The van der Waals surface area contributed by atoms with Gasteiger partial charge in [0, 0.05) is 28.6 Å². The minimum absolute atomic E-state index is 0.0745. The van der Waals surface area contributed by atoms with E-state index in [1.807, 2.05) is 35.7 Å². The molecule has 0 unspecified atom stereocenters. The van der Waals surface area contributed by atoms with Crippen molar-refractivity contribution >= 4 is 39.5 Å². The summed E-state index contributed by atoms with van der Waals surface area (Å²) in [5.74, 6) is -0.389. The molecule has 1 aliphatic rings. The van der Waals surface area contributed by atoms with Crippen LogP contribution in [0.2, 0.25) is 0 Å². The molecule has 0 radical (unpaired) electrons. The van der Waals surface area contributed by atoms with Crippen molar-refractivity contribution in [1.29, 1.82) is 0 Å². The highest BCUT2D eigenvalue weighted by Gasteiger charge is 2.30. The fourth-order valence-corrected chi connectivity index (χ4v) is 3.49. The summed E-state index contributed by atoms with van der Waals surface area (Å²) in [5.41, 5.74) is 3.39. The Morgan fingerprint density at radius 2 is 2.00 bits per heavy atom. The van der Waals surface area contributed by atoms with Crippen molar-refractivity contribution in [1.82, 2.24) is 4.98 Å². The van der Waals surface area contributed by atoms with Crippen LogP contribution in [0.25, 0.3) is 11.3 Å². The summed E-state index contributed by atoms with van der Waals surface area (Å²) >= 11 is 1.31. The molecule has 0 saturated heterocycles. The molecule has 2 heterocycles. The number of nitrogens with zero attached hydrogens (tertiary/aromatic N) is 3. The van der Waals surface area contributed by atoms with Crippen molar-refractivity contribution in [2.24, 2.45) is 4.99 Å². The topological polar surface area (TPSA) is 97.5 Å². The zero-order chi connectivity index (χ0) is 18.3. The number of thiazole rings is 1. The molecule has 1 N–H and O–H groups in total. The van der Waals surface area contributed by atoms with Crippen LogP contribution in [0.3, 0.4) is 0 Å². The molecule has 7 nitrogen and oxygen atoms in total. The van der Waals surface area contributed by atoms with Crippen LogP contribution < -0.4 is 5.32 Å². The largest absolute Gasteiger partial charge is 0.320 e. The number of nitrogens with one attached hydrogen (secondary N) is 1. The number of nitro groups is 1. The van der Waals surface area contributed by atoms with Gasteiger partial charge in [0.2, 0.25) is 5.13 Å². The minimum Gasteiger partial charge on any atom is -0.320 e. The van der Waals surface area contributed by atoms with E-state index in [9.17, 15) is 14.9 Å². The highest BCUT2D eigenvalue weighted by Crippen LogP contribution is 2.34. The lowest BCUT2D eigenvalue weighted by Gasteiger charge is -2.02. The second-order valence-corrected chi connectivity index (χ2v) is 6.57. The second-order valence-electron chi connectivity index (χ2n) is 5.74. The Morgan fingerprint density at radius 3 is 2.73 bits per heavy atom. The number of non-ortho nitro benzene ring substituents is 1. The molecule has 0 fully saturated rings. The molecule has 0 saturated carbocycles. The first-order valence-electron chi connectivity index (χ1n) is 7.73. The van der Waals surface area contributed by atoms with E-state index in [1.54, 1.807) is 6.92 Å². The summed E-state index contributed by atoms with van der Waals surface area (Å²) in [5, 5.41) is 16.1. The summed E-state index contributed by atoms with van der Waals surface area (Å²) < 4.78 is 0. The third-order valence-electron chi connectivity index (χ3n) is 4.01. The number of aliphatic imine (C=N–C) groups is 1. The van der Waals surface area contributed by atoms with E-state index in [2.05, 4.69) is 15.3 Å². The van der Waals surface area contributed by atoms with Crippen molar-refractivity contribution in [3.63, 3.8) is 0 Å². The maximum Gasteiger partial charge on any atom is 0.275 e. The maximum atomic E-state index is 12.3. The van der Waals surface area contributed by atoms with Crippen LogP contribution in [0.1, 0.15) is 11.1 Å². The van der Waals surface area contributed by atoms with Gasteiger partial charge >= 0.3 is 0 Å². The molecule has 0 aliphatic carbocycles. The number of hydrogen-bond donors (Lipinski definition) is 1. The molecule has 2 aromatic carbocycles. The molecular weight excluding hydrogens is 352 g/mol. The zero-order valence-electron chi connectivity index (χ0n) is 13.6. The number of anilines is 1. The molecule has 0 bridgehead atoms. The smallest absolute Gasteiger partial charge is 0.275 e. The molecule has 26 heavy (non-hydrogen) atoms. The molecule has 0 atom stereocenters. The lowest BCUT2D eigenvalue weighted by molar-refractivity contribution is -0.384. The number of aromatic nitrogens is 1. The van der Waals surface area contributed by atoms with Crippen LogP contribution in [-0.2, 0) is 4.79 Å². The Labute approximate surface area is 152 Å². The number of aryl methyl sites for hydroxylation is 1. The first-order chi connectivity index (χ1) is 12.5. The zero-order valence-corrected chi connectivity index (χ0v) is 14.4. The van der Waals surface area contributed by atoms with Gasteiger partial charge in [-0.3, -0.25) is 14.9 Å². The quantitative estimate of drug-likeness (QED) is 0.559. The van der Waals surface area contributed by atoms with E-state index in [-0.39, 0.29) is 17.3 Å². The third-order valence-corrected chi connectivity index (χ3v) is 4.74. The normalized spacial score (nSPS) is 14.3. The number of rotatable bonds is 3. The monoisotopic (exact) mass is 364 g/mol. The number of fused-ring (bicyclic) bond motifs is 1. The van der Waals surface area contributed by atoms with Gasteiger partial charge in [-0.1, -0.05) is 30.3 Å². The van der Waals surface area contributed by atoms with Crippen LogP contribution >= 0.6 is 11.3 Å². The Balaban J connectivity index is 1.77. The average Bonchev–Trinajstić information content (AvgIpc) is 3.22. The fraction of sp³-hybridized carbons (Fsp3) is 0.0556. The SMILES string of the molecule is Cc1cc([N+](=O)[O-])cc2c1NC(=O)/C2=N/c1nc(-c2ccccc2)cs1. The van der Waals surface area contributed by atoms with Crippen LogP contribution in [0.5, 0.6) is 0 Å². The Hall–Kier alpha value is -3.39. The maximum absolute atomic E-state index is 12.3. The Kier molecular flexibility index (Phi) is 3.81. The number of benzene rings is 2. The summed E-state index contributed by atoms with van der Waals surface area (Å²) in [4.78, 5) is 31.7.